The van der Waals surface area contributed by atoms with Crippen LogP contribution in [0.5, 0.6) is 0 Å². The van der Waals surface area contributed by atoms with Gasteiger partial charge in [-0.15, -0.1) is 0 Å². The molecule has 0 bridgehead atoms. The van der Waals surface area contributed by atoms with E-state index in [1.54, 1.807) is 36.4 Å². The minimum absolute atomic E-state index is 0.159. The van der Waals surface area contributed by atoms with E-state index in [1.165, 1.54) is 0 Å². The number of hydrogen-bond acceptors (Lipinski definition) is 2. The lowest BCUT2D eigenvalue weighted by Gasteiger charge is -2.12. The predicted molar refractivity (Wildman–Crippen MR) is 112 cm³/mol. The predicted octanol–water partition coefficient (Wildman–Crippen LogP) is 4.43. The Morgan fingerprint density at radius 2 is 1.43 bits per heavy atom. The Bertz CT molecular complexity index is 986. The normalized spacial score (nSPS) is 11.0. The van der Waals surface area contributed by atoms with Gasteiger partial charge in [0.2, 0.25) is 0 Å². The largest absolute Gasteiger partial charge is 0.347 e. The van der Waals surface area contributed by atoms with Crippen LogP contribution in [0.4, 0.5) is 0 Å². The van der Waals surface area contributed by atoms with Crippen molar-refractivity contribution in [1.29, 1.82) is 0 Å². The Balaban J connectivity index is 1.79. The second-order valence-electron chi connectivity index (χ2n) is 6.06. The first-order valence-electron chi connectivity index (χ1n) is 8.78. The molecule has 140 valence electrons. The van der Waals surface area contributed by atoms with Crippen molar-refractivity contribution in [1.82, 2.24) is 10.6 Å². The van der Waals surface area contributed by atoms with Gasteiger partial charge in [-0.25, -0.2) is 0 Å². The Morgan fingerprint density at radius 3 is 2.11 bits per heavy atom. The smallest absolute Gasteiger partial charge is 0.268 e. The van der Waals surface area contributed by atoms with Crippen LogP contribution in [0.2, 0.25) is 5.02 Å². The lowest BCUT2D eigenvalue weighted by Crippen LogP contribution is -2.34. The van der Waals surface area contributed by atoms with Crippen LogP contribution in [0.3, 0.4) is 0 Å². The Hall–Kier alpha value is -3.37. The van der Waals surface area contributed by atoms with E-state index >= 15 is 0 Å². The van der Waals surface area contributed by atoms with Crippen LogP contribution in [-0.2, 0) is 11.3 Å². The van der Waals surface area contributed by atoms with Gasteiger partial charge in [0.05, 0.1) is 0 Å². The third-order valence-electron chi connectivity index (χ3n) is 4.04. The van der Waals surface area contributed by atoms with Crippen molar-refractivity contribution < 1.29 is 9.59 Å². The van der Waals surface area contributed by atoms with E-state index in [1.807, 2.05) is 54.6 Å². The zero-order chi connectivity index (χ0) is 19.8. The molecule has 2 N–H and O–H groups in total. The number of benzene rings is 3. The standard InChI is InChI=1S/C23H19ClN2O2/c24-20-14-8-7-13-19(20)16-25-23(28)21(15-17-9-3-1-4-10-17)26-22(27)18-11-5-2-6-12-18/h1-15H,16H2,(H,25,28)(H,26,27)/b21-15-. The highest BCUT2D eigenvalue weighted by Gasteiger charge is 2.15. The van der Waals surface area contributed by atoms with Gasteiger partial charge in [-0.3, -0.25) is 9.59 Å². The fraction of sp³-hybridized carbons (Fsp3) is 0.0435. The van der Waals surface area contributed by atoms with Crippen LogP contribution >= 0.6 is 11.6 Å². The van der Waals surface area contributed by atoms with Gasteiger partial charge in [0.25, 0.3) is 11.8 Å². The number of amides is 2. The second-order valence-corrected chi connectivity index (χ2v) is 6.47. The fourth-order valence-corrected chi connectivity index (χ4v) is 2.77. The molecule has 0 fully saturated rings. The number of carbonyl (C=O) groups is 2. The van der Waals surface area contributed by atoms with Gasteiger partial charge >= 0.3 is 0 Å². The van der Waals surface area contributed by atoms with E-state index in [0.717, 1.165) is 11.1 Å². The summed E-state index contributed by atoms with van der Waals surface area (Å²) < 4.78 is 0. The van der Waals surface area contributed by atoms with Crippen molar-refractivity contribution in [3.05, 3.63) is 112 Å². The van der Waals surface area contributed by atoms with Gasteiger partial charge in [0.15, 0.2) is 0 Å². The first kappa shape index (κ1) is 19.4. The molecule has 0 aliphatic heterocycles. The number of rotatable bonds is 6. The minimum atomic E-state index is -0.395. The van der Waals surface area contributed by atoms with Crippen molar-refractivity contribution in [2.24, 2.45) is 0 Å². The SMILES string of the molecule is O=C(NCc1ccccc1Cl)/C(=C/c1ccccc1)NC(=O)c1ccccc1. The summed E-state index contributed by atoms with van der Waals surface area (Å²) >= 11 is 6.15. The Labute approximate surface area is 168 Å². The topological polar surface area (TPSA) is 58.2 Å². The average Bonchev–Trinajstić information content (AvgIpc) is 2.74. The van der Waals surface area contributed by atoms with E-state index in [4.69, 9.17) is 11.6 Å². The molecule has 4 nitrogen and oxygen atoms in total. The molecule has 2 amide bonds. The van der Waals surface area contributed by atoms with Crippen LogP contribution in [0.1, 0.15) is 21.5 Å². The Kier molecular flexibility index (Phi) is 6.60. The molecule has 0 atom stereocenters. The van der Waals surface area contributed by atoms with Crippen molar-refractivity contribution in [2.75, 3.05) is 0 Å². The first-order valence-corrected chi connectivity index (χ1v) is 9.16. The van der Waals surface area contributed by atoms with Crippen LogP contribution in [0.15, 0.2) is 90.6 Å². The number of carbonyl (C=O) groups excluding carboxylic acids is 2. The van der Waals surface area contributed by atoms with Crippen LogP contribution in [0.25, 0.3) is 6.08 Å². The lowest BCUT2D eigenvalue weighted by atomic mass is 10.1. The lowest BCUT2D eigenvalue weighted by molar-refractivity contribution is -0.117. The van der Waals surface area contributed by atoms with Gasteiger partial charge in [0, 0.05) is 17.1 Å². The van der Waals surface area contributed by atoms with Gasteiger partial charge < -0.3 is 10.6 Å². The van der Waals surface area contributed by atoms with E-state index in [2.05, 4.69) is 10.6 Å². The molecule has 3 aromatic carbocycles. The van der Waals surface area contributed by atoms with Gasteiger partial charge in [-0.05, 0) is 35.4 Å². The third-order valence-corrected chi connectivity index (χ3v) is 4.41. The number of nitrogens with one attached hydrogen (secondary N) is 2. The maximum absolute atomic E-state index is 12.8. The molecular weight excluding hydrogens is 372 g/mol. The maximum Gasteiger partial charge on any atom is 0.268 e. The van der Waals surface area contributed by atoms with Crippen molar-refractivity contribution in [2.45, 2.75) is 6.54 Å². The third kappa shape index (κ3) is 5.32. The van der Waals surface area contributed by atoms with Crippen molar-refractivity contribution in [3.63, 3.8) is 0 Å². The second kappa shape index (κ2) is 9.53. The van der Waals surface area contributed by atoms with E-state index in [9.17, 15) is 9.59 Å². The van der Waals surface area contributed by atoms with Crippen molar-refractivity contribution in [3.8, 4) is 0 Å². The highest BCUT2D eigenvalue weighted by Crippen LogP contribution is 2.14. The Morgan fingerprint density at radius 1 is 0.821 bits per heavy atom. The van der Waals surface area contributed by atoms with Gasteiger partial charge in [-0.1, -0.05) is 78.3 Å². The molecule has 3 aromatic rings. The molecule has 0 aromatic heterocycles. The van der Waals surface area contributed by atoms with Crippen molar-refractivity contribution >= 4 is 29.5 Å². The van der Waals surface area contributed by atoms with E-state index in [-0.39, 0.29) is 18.1 Å². The molecule has 0 saturated carbocycles. The molecule has 0 saturated heterocycles. The molecule has 5 heteroatoms. The molecule has 28 heavy (non-hydrogen) atoms. The summed E-state index contributed by atoms with van der Waals surface area (Å²) in [6, 6.07) is 25.4. The molecule has 0 heterocycles. The molecule has 0 spiro atoms. The number of halogens is 1. The molecule has 0 radical (unpaired) electrons. The molecule has 3 rings (SSSR count). The average molecular weight is 391 g/mol. The maximum atomic E-state index is 12.8. The summed E-state index contributed by atoms with van der Waals surface area (Å²) in [5, 5.41) is 6.09. The van der Waals surface area contributed by atoms with Crippen LogP contribution in [-0.4, -0.2) is 11.8 Å². The van der Waals surface area contributed by atoms with Gasteiger partial charge in [-0.2, -0.15) is 0 Å². The minimum Gasteiger partial charge on any atom is -0.347 e. The highest BCUT2D eigenvalue weighted by molar-refractivity contribution is 6.31. The summed E-state index contributed by atoms with van der Waals surface area (Å²) in [7, 11) is 0. The fourth-order valence-electron chi connectivity index (χ4n) is 2.57. The van der Waals surface area contributed by atoms with Crippen LogP contribution < -0.4 is 10.6 Å². The summed E-state index contributed by atoms with van der Waals surface area (Å²) in [5.74, 6) is -0.747. The molecule has 0 aliphatic rings. The molecular formula is C23H19ClN2O2. The monoisotopic (exact) mass is 390 g/mol. The molecule has 0 aliphatic carbocycles. The highest BCUT2D eigenvalue weighted by atomic mass is 35.5. The van der Waals surface area contributed by atoms with Gasteiger partial charge in [0.1, 0.15) is 5.70 Å². The van der Waals surface area contributed by atoms with E-state index in [0.29, 0.717) is 10.6 Å². The van der Waals surface area contributed by atoms with E-state index < -0.39 is 5.91 Å². The summed E-state index contributed by atoms with van der Waals surface area (Å²) in [6.45, 7) is 0.256. The summed E-state index contributed by atoms with van der Waals surface area (Å²) in [5.41, 5.74) is 2.23. The zero-order valence-corrected chi connectivity index (χ0v) is 15.8. The molecule has 0 unspecified atom stereocenters. The quantitative estimate of drug-likeness (QED) is 0.612. The number of hydrogen-bond donors (Lipinski definition) is 2. The van der Waals surface area contributed by atoms with Crippen LogP contribution in [0, 0.1) is 0 Å². The summed E-state index contributed by atoms with van der Waals surface area (Å²) in [4.78, 5) is 25.3. The summed E-state index contributed by atoms with van der Waals surface area (Å²) in [6.07, 6.45) is 1.64. The zero-order valence-electron chi connectivity index (χ0n) is 15.1. The first-order chi connectivity index (χ1) is 13.6.